The molecule has 38 heavy (non-hydrogen) atoms. The molecule has 0 spiro atoms. The number of benzene rings is 2. The van der Waals surface area contributed by atoms with E-state index in [1.165, 1.54) is 47.4 Å². The SMILES string of the molecule is Cc1cn(-c2ccc(NC(=O)c3ccc(Cl)c(C#Cc4ccc(CC(C)C)nn4)c3)cc2C(F)(F)F)cn1. The Bertz CT molecular complexity index is 1530. The summed E-state index contributed by atoms with van der Waals surface area (Å²) >= 11 is 6.26. The van der Waals surface area contributed by atoms with Crippen LogP contribution in [0.5, 0.6) is 0 Å². The fraction of sp³-hybridized carbons (Fsp3) is 0.214. The van der Waals surface area contributed by atoms with Gasteiger partial charge in [0.05, 0.1) is 34.0 Å². The Morgan fingerprint density at radius 3 is 2.50 bits per heavy atom. The predicted molar refractivity (Wildman–Crippen MR) is 139 cm³/mol. The molecule has 6 nitrogen and oxygen atoms in total. The Morgan fingerprint density at radius 1 is 1.08 bits per heavy atom. The van der Waals surface area contributed by atoms with Crippen molar-refractivity contribution in [3.8, 4) is 17.5 Å². The Hall–Kier alpha value is -4.16. The molecule has 1 N–H and O–H groups in total. The Morgan fingerprint density at radius 2 is 1.87 bits per heavy atom. The van der Waals surface area contributed by atoms with E-state index < -0.39 is 17.6 Å². The van der Waals surface area contributed by atoms with Crippen molar-refractivity contribution in [1.82, 2.24) is 19.7 Å². The summed E-state index contributed by atoms with van der Waals surface area (Å²) < 4.78 is 42.7. The Labute approximate surface area is 222 Å². The third-order valence-corrected chi connectivity index (χ3v) is 5.77. The first kappa shape index (κ1) is 26.9. The minimum Gasteiger partial charge on any atom is -0.322 e. The molecule has 0 bridgehead atoms. The van der Waals surface area contributed by atoms with Gasteiger partial charge in [-0.1, -0.05) is 31.4 Å². The number of aryl methyl sites for hydroxylation is 1. The van der Waals surface area contributed by atoms with Crippen molar-refractivity contribution >= 4 is 23.2 Å². The molecule has 2 heterocycles. The average molecular weight is 538 g/mol. The molecule has 0 saturated carbocycles. The Kier molecular flexibility index (Phi) is 7.83. The number of alkyl halides is 3. The maximum atomic E-state index is 13.8. The quantitative estimate of drug-likeness (QED) is 0.295. The number of imidazole rings is 1. The molecule has 10 heteroatoms. The lowest BCUT2D eigenvalue weighted by Gasteiger charge is -2.15. The zero-order valence-electron chi connectivity index (χ0n) is 20.8. The number of hydrogen-bond acceptors (Lipinski definition) is 4. The van der Waals surface area contributed by atoms with Gasteiger partial charge in [-0.25, -0.2) is 4.98 Å². The molecular weight excluding hydrogens is 515 g/mol. The van der Waals surface area contributed by atoms with Gasteiger partial charge in [0.2, 0.25) is 0 Å². The highest BCUT2D eigenvalue weighted by atomic mass is 35.5. The molecule has 0 unspecified atom stereocenters. The molecule has 0 aliphatic rings. The third kappa shape index (κ3) is 6.58. The van der Waals surface area contributed by atoms with Crippen molar-refractivity contribution in [2.45, 2.75) is 33.4 Å². The molecule has 2 aromatic heterocycles. The van der Waals surface area contributed by atoms with Crippen LogP contribution in [0.25, 0.3) is 5.69 Å². The van der Waals surface area contributed by atoms with E-state index in [0.29, 0.717) is 27.9 Å². The summed E-state index contributed by atoms with van der Waals surface area (Å²) in [5.74, 6) is 5.60. The molecule has 2 aromatic carbocycles. The highest BCUT2D eigenvalue weighted by molar-refractivity contribution is 6.32. The molecule has 0 aliphatic heterocycles. The molecule has 4 aromatic rings. The van der Waals surface area contributed by atoms with Crippen molar-refractivity contribution in [1.29, 1.82) is 0 Å². The molecule has 0 saturated heterocycles. The maximum Gasteiger partial charge on any atom is 0.418 e. The van der Waals surface area contributed by atoms with Gasteiger partial charge in [-0.05, 0) is 73.7 Å². The number of rotatable bonds is 5. The van der Waals surface area contributed by atoms with Gasteiger partial charge in [0.25, 0.3) is 5.91 Å². The lowest BCUT2D eigenvalue weighted by Crippen LogP contribution is -2.15. The first-order chi connectivity index (χ1) is 18.0. The molecule has 1 amide bonds. The maximum absolute atomic E-state index is 13.8. The van der Waals surface area contributed by atoms with E-state index in [4.69, 9.17) is 11.6 Å². The fourth-order valence-corrected chi connectivity index (χ4v) is 3.83. The lowest BCUT2D eigenvalue weighted by atomic mass is 10.1. The lowest BCUT2D eigenvalue weighted by molar-refractivity contribution is -0.137. The topological polar surface area (TPSA) is 72.7 Å². The van der Waals surface area contributed by atoms with Crippen molar-refractivity contribution in [3.63, 3.8) is 0 Å². The van der Waals surface area contributed by atoms with Gasteiger partial charge >= 0.3 is 6.18 Å². The van der Waals surface area contributed by atoms with Gasteiger partial charge in [-0.2, -0.15) is 18.3 Å². The van der Waals surface area contributed by atoms with Crippen molar-refractivity contribution in [2.24, 2.45) is 5.92 Å². The molecule has 4 rings (SSSR count). The summed E-state index contributed by atoms with van der Waals surface area (Å²) in [4.78, 5) is 16.9. The molecule has 0 radical (unpaired) electrons. The number of carbonyl (C=O) groups is 1. The number of amides is 1. The van der Waals surface area contributed by atoms with Crippen molar-refractivity contribution in [3.05, 3.63) is 99.8 Å². The van der Waals surface area contributed by atoms with E-state index in [1.807, 2.05) is 6.07 Å². The first-order valence-corrected chi connectivity index (χ1v) is 12.0. The van der Waals surface area contributed by atoms with Crippen LogP contribution in [0.2, 0.25) is 5.02 Å². The molecule has 0 atom stereocenters. The second-order valence-electron chi connectivity index (χ2n) is 9.06. The largest absolute Gasteiger partial charge is 0.418 e. The van der Waals surface area contributed by atoms with E-state index in [0.717, 1.165) is 18.2 Å². The zero-order valence-corrected chi connectivity index (χ0v) is 21.5. The van der Waals surface area contributed by atoms with E-state index in [2.05, 4.69) is 46.2 Å². The van der Waals surface area contributed by atoms with E-state index in [1.54, 1.807) is 13.0 Å². The Balaban J connectivity index is 1.56. The average Bonchev–Trinajstić information content (AvgIpc) is 3.29. The second kappa shape index (κ2) is 11.1. The summed E-state index contributed by atoms with van der Waals surface area (Å²) in [6.07, 6.45) is -1.04. The molecule has 0 aliphatic carbocycles. The number of halogens is 4. The van der Waals surface area contributed by atoms with Crippen LogP contribution in [0.15, 0.2) is 61.1 Å². The van der Waals surface area contributed by atoms with E-state index in [-0.39, 0.29) is 16.9 Å². The number of anilines is 1. The van der Waals surface area contributed by atoms with Crippen molar-refractivity contribution in [2.75, 3.05) is 5.32 Å². The second-order valence-corrected chi connectivity index (χ2v) is 9.47. The van der Waals surface area contributed by atoms with Crippen LogP contribution in [0.1, 0.15) is 52.4 Å². The normalized spacial score (nSPS) is 11.3. The van der Waals surface area contributed by atoms with Crippen LogP contribution in [0, 0.1) is 24.7 Å². The third-order valence-electron chi connectivity index (χ3n) is 5.44. The summed E-state index contributed by atoms with van der Waals surface area (Å²) in [6.45, 7) is 5.86. The number of nitrogens with zero attached hydrogens (tertiary/aromatic N) is 4. The number of nitrogens with one attached hydrogen (secondary N) is 1. The van der Waals surface area contributed by atoms with Crippen LogP contribution in [-0.2, 0) is 12.6 Å². The molecule has 194 valence electrons. The number of aromatic nitrogens is 4. The zero-order chi connectivity index (χ0) is 27.4. The molecule has 0 fully saturated rings. The van der Waals surface area contributed by atoms with Gasteiger partial charge < -0.3 is 9.88 Å². The minimum atomic E-state index is -4.65. The monoisotopic (exact) mass is 537 g/mol. The van der Waals surface area contributed by atoms with Crippen molar-refractivity contribution < 1.29 is 18.0 Å². The fourth-order valence-electron chi connectivity index (χ4n) is 3.67. The summed E-state index contributed by atoms with van der Waals surface area (Å²) in [5.41, 5.74) is 1.42. The van der Waals surface area contributed by atoms with Gasteiger partial charge in [0, 0.05) is 23.0 Å². The van der Waals surface area contributed by atoms with E-state index in [9.17, 15) is 18.0 Å². The summed E-state index contributed by atoms with van der Waals surface area (Å²) in [6, 6.07) is 11.6. The highest BCUT2D eigenvalue weighted by Crippen LogP contribution is 2.36. The van der Waals surface area contributed by atoms with Crippen LogP contribution < -0.4 is 5.32 Å². The van der Waals surface area contributed by atoms with Crippen LogP contribution >= 0.6 is 11.6 Å². The highest BCUT2D eigenvalue weighted by Gasteiger charge is 2.34. The summed E-state index contributed by atoms with van der Waals surface area (Å²) in [7, 11) is 0. The predicted octanol–water partition coefficient (Wildman–Crippen LogP) is 6.49. The van der Waals surface area contributed by atoms with Crippen LogP contribution in [0.4, 0.5) is 18.9 Å². The van der Waals surface area contributed by atoms with Crippen LogP contribution in [-0.4, -0.2) is 25.7 Å². The summed E-state index contributed by atoms with van der Waals surface area (Å²) in [5, 5.41) is 11.1. The minimum absolute atomic E-state index is 0.0118. The standard InChI is InChI=1S/C28H23ClF3N5O/c1-17(2)12-23-8-7-21(35-36-23)6-4-19-13-20(5-10-25(19)29)27(38)34-22-9-11-26(24(14-22)28(30,31)32)37-15-18(3)33-16-37/h5,7-11,13-17H,12H2,1-3H3,(H,34,38). The van der Waals surface area contributed by atoms with Gasteiger partial charge in [0.15, 0.2) is 0 Å². The van der Waals surface area contributed by atoms with Gasteiger partial charge in [-0.15, -0.1) is 5.10 Å². The van der Waals surface area contributed by atoms with Gasteiger partial charge in [0.1, 0.15) is 5.69 Å². The molecular formula is C28H23ClF3N5O. The van der Waals surface area contributed by atoms with Crippen LogP contribution in [0.3, 0.4) is 0 Å². The number of carbonyl (C=O) groups excluding carboxylic acids is 1. The van der Waals surface area contributed by atoms with Gasteiger partial charge in [-0.3, -0.25) is 4.79 Å². The smallest absolute Gasteiger partial charge is 0.322 e. The first-order valence-electron chi connectivity index (χ1n) is 11.7. The number of hydrogen-bond donors (Lipinski definition) is 1. The van der Waals surface area contributed by atoms with E-state index >= 15 is 0 Å².